The summed E-state index contributed by atoms with van der Waals surface area (Å²) in [4.78, 5) is 20.1. The average molecular weight is 409 g/mol. The summed E-state index contributed by atoms with van der Waals surface area (Å²) in [5, 5.41) is 12.0. The Morgan fingerprint density at radius 2 is 1.96 bits per heavy atom. The number of thiazole rings is 2. The molecule has 0 atom stereocenters. The predicted molar refractivity (Wildman–Crippen MR) is 113 cm³/mol. The largest absolute Gasteiger partial charge is 0.487 e. The lowest BCUT2D eigenvalue weighted by molar-refractivity contribution is -0.135. The monoisotopic (exact) mass is 408 g/mol. The number of hydrogen-bond acceptors (Lipinski definition) is 6. The Hall–Kier alpha value is -3.03. The molecule has 0 unspecified atom stereocenters. The summed E-state index contributed by atoms with van der Waals surface area (Å²) >= 11 is 3.04. The van der Waals surface area contributed by atoms with Crippen LogP contribution >= 0.6 is 22.7 Å². The van der Waals surface area contributed by atoms with Crippen LogP contribution in [-0.4, -0.2) is 21.0 Å². The van der Waals surface area contributed by atoms with Gasteiger partial charge in [-0.2, -0.15) is 0 Å². The zero-order chi connectivity index (χ0) is 19.3. The van der Waals surface area contributed by atoms with Gasteiger partial charge in [0.05, 0.1) is 27.8 Å². The van der Waals surface area contributed by atoms with Crippen LogP contribution in [0.5, 0.6) is 5.75 Å². The minimum Gasteiger partial charge on any atom is -0.487 e. The standard InChI is InChI=1S/C21H16N2O3S2/c24-20(25)10-15(21-23-18-3-1-2-4-19(18)28-21)9-14-5-7-17(8-6-14)26-11-16-12-27-13-22-16/h1-9,12-13H,10-11H2,(H,24,25)/b15-9+. The molecule has 2 heterocycles. The first-order chi connectivity index (χ1) is 13.7. The van der Waals surface area contributed by atoms with Crippen molar-refractivity contribution in [2.24, 2.45) is 0 Å². The number of nitrogens with zero attached hydrogens (tertiary/aromatic N) is 2. The zero-order valence-corrected chi connectivity index (χ0v) is 16.4. The normalized spacial score (nSPS) is 11.6. The molecule has 0 saturated carbocycles. The first kappa shape index (κ1) is 18.3. The molecular formula is C21H16N2O3S2. The Morgan fingerprint density at radius 1 is 1.14 bits per heavy atom. The molecule has 0 saturated heterocycles. The maximum atomic E-state index is 11.4. The molecule has 1 N–H and O–H groups in total. The molecule has 28 heavy (non-hydrogen) atoms. The fourth-order valence-electron chi connectivity index (χ4n) is 2.69. The third-order valence-corrected chi connectivity index (χ3v) is 5.75. The van der Waals surface area contributed by atoms with Crippen molar-refractivity contribution >= 4 is 50.5 Å². The van der Waals surface area contributed by atoms with E-state index >= 15 is 0 Å². The molecule has 2 aromatic heterocycles. The number of aliphatic carboxylic acids is 1. The first-order valence-corrected chi connectivity index (χ1v) is 10.3. The molecule has 140 valence electrons. The molecule has 2 aromatic carbocycles. The van der Waals surface area contributed by atoms with Gasteiger partial charge in [-0.05, 0) is 41.5 Å². The van der Waals surface area contributed by atoms with Gasteiger partial charge in [-0.15, -0.1) is 22.7 Å². The maximum Gasteiger partial charge on any atom is 0.307 e. The molecule has 5 nitrogen and oxygen atoms in total. The summed E-state index contributed by atoms with van der Waals surface area (Å²) in [6.07, 6.45) is 1.79. The molecule has 7 heteroatoms. The van der Waals surface area contributed by atoms with Crippen LogP contribution in [0, 0.1) is 0 Å². The Morgan fingerprint density at radius 3 is 2.68 bits per heavy atom. The van der Waals surface area contributed by atoms with E-state index in [0.29, 0.717) is 12.2 Å². The van der Waals surface area contributed by atoms with Gasteiger partial charge in [0.15, 0.2) is 0 Å². The number of hydrogen-bond donors (Lipinski definition) is 1. The van der Waals surface area contributed by atoms with Gasteiger partial charge in [-0.25, -0.2) is 9.97 Å². The molecule has 0 spiro atoms. The summed E-state index contributed by atoms with van der Waals surface area (Å²) in [6, 6.07) is 15.4. The van der Waals surface area contributed by atoms with Crippen LogP contribution < -0.4 is 4.74 Å². The van der Waals surface area contributed by atoms with Crippen LogP contribution in [0.3, 0.4) is 0 Å². The number of ether oxygens (including phenoxy) is 1. The van der Waals surface area contributed by atoms with E-state index in [4.69, 9.17) is 4.74 Å². The van der Waals surface area contributed by atoms with Gasteiger partial charge in [0.2, 0.25) is 0 Å². The molecule has 0 bridgehead atoms. The van der Waals surface area contributed by atoms with Crippen LogP contribution in [0.4, 0.5) is 0 Å². The minimum absolute atomic E-state index is 0.0814. The van der Waals surface area contributed by atoms with Crippen molar-refractivity contribution in [2.75, 3.05) is 0 Å². The van der Waals surface area contributed by atoms with Gasteiger partial charge in [0, 0.05) is 5.38 Å². The van der Waals surface area contributed by atoms with Crippen molar-refractivity contribution in [1.82, 2.24) is 9.97 Å². The maximum absolute atomic E-state index is 11.4. The molecule has 4 rings (SSSR count). The number of rotatable bonds is 7. The quantitative estimate of drug-likeness (QED) is 0.446. The van der Waals surface area contributed by atoms with Crippen LogP contribution in [0.15, 0.2) is 59.4 Å². The summed E-state index contributed by atoms with van der Waals surface area (Å²) in [5.41, 5.74) is 5.14. The first-order valence-electron chi connectivity index (χ1n) is 8.55. The number of benzene rings is 2. The lowest BCUT2D eigenvalue weighted by atomic mass is 10.1. The number of carboxylic acids is 1. The molecule has 0 amide bonds. The van der Waals surface area contributed by atoms with Gasteiger partial charge in [0.1, 0.15) is 17.4 Å². The van der Waals surface area contributed by atoms with Crippen molar-refractivity contribution in [3.8, 4) is 5.75 Å². The van der Waals surface area contributed by atoms with Crippen LogP contribution in [0.25, 0.3) is 21.9 Å². The van der Waals surface area contributed by atoms with Crippen molar-refractivity contribution < 1.29 is 14.6 Å². The van der Waals surface area contributed by atoms with Crippen molar-refractivity contribution in [2.45, 2.75) is 13.0 Å². The molecule has 0 fully saturated rings. The second kappa shape index (κ2) is 8.33. The fourth-order valence-corrected chi connectivity index (χ4v) is 4.21. The van der Waals surface area contributed by atoms with Crippen molar-refractivity contribution in [1.29, 1.82) is 0 Å². The smallest absolute Gasteiger partial charge is 0.307 e. The van der Waals surface area contributed by atoms with Gasteiger partial charge in [-0.3, -0.25) is 4.79 Å². The zero-order valence-electron chi connectivity index (χ0n) is 14.7. The van der Waals surface area contributed by atoms with Crippen LogP contribution in [0.1, 0.15) is 22.7 Å². The Bertz CT molecular complexity index is 1080. The number of carbonyl (C=O) groups is 1. The molecule has 0 radical (unpaired) electrons. The van der Waals surface area contributed by atoms with Gasteiger partial charge >= 0.3 is 5.97 Å². The van der Waals surface area contributed by atoms with Crippen LogP contribution in [0.2, 0.25) is 0 Å². The molecule has 0 aliphatic rings. The summed E-state index contributed by atoms with van der Waals surface area (Å²) in [7, 11) is 0. The Balaban J connectivity index is 1.56. The Labute approximate surface area is 169 Å². The molecule has 4 aromatic rings. The van der Waals surface area contributed by atoms with E-state index in [-0.39, 0.29) is 6.42 Å². The lowest BCUT2D eigenvalue weighted by Crippen LogP contribution is -1.97. The number of aromatic nitrogens is 2. The van der Waals surface area contributed by atoms with E-state index in [0.717, 1.165) is 32.2 Å². The highest BCUT2D eigenvalue weighted by atomic mass is 32.1. The summed E-state index contributed by atoms with van der Waals surface area (Å²) in [6.45, 7) is 0.425. The SMILES string of the molecule is O=C(O)C/C(=C\c1ccc(OCc2cscn2)cc1)c1nc2ccccc2s1. The third kappa shape index (κ3) is 4.44. The third-order valence-electron chi connectivity index (χ3n) is 4.00. The molecule has 0 aliphatic carbocycles. The Kier molecular flexibility index (Phi) is 5.45. The van der Waals surface area contributed by atoms with E-state index < -0.39 is 5.97 Å². The second-order valence-corrected chi connectivity index (χ2v) is 7.81. The number of para-hydroxylation sites is 1. The number of fused-ring (bicyclic) bond motifs is 1. The summed E-state index contributed by atoms with van der Waals surface area (Å²) < 4.78 is 6.76. The molecular weight excluding hydrogens is 392 g/mol. The van der Waals surface area contributed by atoms with E-state index in [2.05, 4.69) is 9.97 Å². The van der Waals surface area contributed by atoms with Crippen LogP contribution in [-0.2, 0) is 11.4 Å². The van der Waals surface area contributed by atoms with Gasteiger partial charge in [-0.1, -0.05) is 24.3 Å². The van der Waals surface area contributed by atoms with E-state index in [9.17, 15) is 9.90 Å². The van der Waals surface area contributed by atoms with E-state index in [1.807, 2.05) is 60.0 Å². The average Bonchev–Trinajstić information content (AvgIpc) is 3.36. The highest BCUT2D eigenvalue weighted by Crippen LogP contribution is 2.30. The highest BCUT2D eigenvalue weighted by Gasteiger charge is 2.12. The van der Waals surface area contributed by atoms with Gasteiger partial charge < -0.3 is 9.84 Å². The lowest BCUT2D eigenvalue weighted by Gasteiger charge is -2.05. The predicted octanol–water partition coefficient (Wildman–Crippen LogP) is 5.35. The topological polar surface area (TPSA) is 72.3 Å². The van der Waals surface area contributed by atoms with E-state index in [1.165, 1.54) is 22.7 Å². The second-order valence-electron chi connectivity index (χ2n) is 6.06. The van der Waals surface area contributed by atoms with E-state index in [1.54, 1.807) is 5.51 Å². The highest BCUT2D eigenvalue weighted by molar-refractivity contribution is 7.19. The summed E-state index contributed by atoms with van der Waals surface area (Å²) in [5.74, 6) is -0.140. The fraction of sp³-hybridized carbons (Fsp3) is 0.0952. The van der Waals surface area contributed by atoms with Crippen molar-refractivity contribution in [3.63, 3.8) is 0 Å². The number of carboxylic acid groups (broad SMARTS) is 1. The molecule has 0 aliphatic heterocycles. The van der Waals surface area contributed by atoms with Gasteiger partial charge in [0.25, 0.3) is 0 Å². The van der Waals surface area contributed by atoms with Crippen molar-refractivity contribution in [3.05, 3.63) is 75.7 Å². The minimum atomic E-state index is -0.881.